The molecule has 0 aromatic rings. The molecule has 0 aliphatic heterocycles. The molecule has 0 saturated carbocycles. The van der Waals surface area contributed by atoms with Crippen molar-refractivity contribution in [1.29, 1.82) is 0 Å². The minimum atomic E-state index is -4.38. The molecule has 0 aliphatic rings. The molecule has 0 aromatic carbocycles. The van der Waals surface area contributed by atoms with E-state index in [9.17, 15) is 19.4 Å². The van der Waals surface area contributed by atoms with Crippen molar-refractivity contribution in [3.05, 3.63) is 122 Å². The number of aliphatic hydroxyl groups is 1. The first-order valence-corrected chi connectivity index (χ1v) is 36.4. The fourth-order valence-corrected chi connectivity index (χ4v) is 10.5. The van der Waals surface area contributed by atoms with Crippen LogP contribution >= 0.6 is 7.82 Å². The summed E-state index contributed by atoms with van der Waals surface area (Å²) < 4.78 is 23.8. The predicted octanol–water partition coefficient (Wildman–Crippen LogP) is 22.4. The van der Waals surface area contributed by atoms with E-state index in [1.54, 1.807) is 6.08 Å². The molecule has 8 nitrogen and oxygen atoms in total. The minimum Gasteiger partial charge on any atom is -0.387 e. The summed E-state index contributed by atoms with van der Waals surface area (Å²) in [6, 6.07) is -0.884. The number of rotatable bonds is 63. The van der Waals surface area contributed by atoms with E-state index in [0.29, 0.717) is 17.4 Å². The fourth-order valence-electron chi connectivity index (χ4n) is 9.76. The van der Waals surface area contributed by atoms with Crippen molar-refractivity contribution >= 4 is 13.7 Å². The Labute approximate surface area is 520 Å². The second-order valence-corrected chi connectivity index (χ2v) is 26.0. The van der Waals surface area contributed by atoms with Crippen molar-refractivity contribution < 1.29 is 32.9 Å². The maximum absolute atomic E-state index is 13.0. The van der Waals surface area contributed by atoms with E-state index < -0.39 is 20.0 Å². The van der Waals surface area contributed by atoms with Crippen LogP contribution in [-0.4, -0.2) is 73.4 Å². The topological polar surface area (TPSA) is 105 Å². The van der Waals surface area contributed by atoms with Gasteiger partial charge in [0.05, 0.1) is 39.9 Å². The maximum atomic E-state index is 13.0. The zero-order chi connectivity index (χ0) is 61.2. The number of allylic oxidation sites excluding steroid dienone is 19. The van der Waals surface area contributed by atoms with Gasteiger partial charge in [-0.1, -0.05) is 309 Å². The molecule has 84 heavy (non-hydrogen) atoms. The van der Waals surface area contributed by atoms with E-state index in [-0.39, 0.29) is 19.1 Å². The van der Waals surface area contributed by atoms with Gasteiger partial charge in [0, 0.05) is 6.42 Å². The van der Waals surface area contributed by atoms with Crippen molar-refractivity contribution in [2.24, 2.45) is 0 Å². The van der Waals surface area contributed by atoms with Gasteiger partial charge in [-0.25, -0.2) is 4.57 Å². The highest BCUT2D eigenvalue weighted by atomic mass is 31.2. The standard InChI is InChI=1S/C75H133N2O6P/c1-6-8-10-12-14-16-18-20-22-24-26-28-30-32-34-36-38-40-42-44-46-48-50-52-54-56-58-60-62-64-66-68-74(78)73(72-83-84(80,81)82-71-70-77(3,4)5)76-75(79)69-67-65-63-61-59-57-55-53-51-49-47-45-43-41-39-37-35-33-31-29-27-25-23-21-19-17-15-13-11-9-7-2/h9,11,15,17,21,23,27,29,33,35,39,41,45,47,50,52,58,60,66,68,73-74,78H,6-8,10,12-14,16,18-20,22,24-26,28,30-32,34,36-38,40,42-44,46,48-49,51,53-57,59,61-65,67,69-72H2,1-5H3,(H-,76,79,80,81)/p+1/b11-9-,17-15-,23-21-,29-27-,35-33-,41-39-,47-45-,52-50+,60-58+,68-66+. The molecule has 0 heterocycles. The van der Waals surface area contributed by atoms with Crippen LogP contribution < -0.4 is 5.32 Å². The molecule has 0 fully saturated rings. The van der Waals surface area contributed by atoms with Gasteiger partial charge >= 0.3 is 7.82 Å². The largest absolute Gasteiger partial charge is 0.472 e. The Morgan fingerprint density at radius 1 is 0.417 bits per heavy atom. The lowest BCUT2D eigenvalue weighted by Gasteiger charge is -2.25. The van der Waals surface area contributed by atoms with Crippen molar-refractivity contribution in [2.75, 3.05) is 40.9 Å². The summed E-state index contributed by atoms with van der Waals surface area (Å²) in [6.45, 7) is 4.68. The summed E-state index contributed by atoms with van der Waals surface area (Å²) in [4.78, 5) is 23.4. The highest BCUT2D eigenvalue weighted by Gasteiger charge is 2.28. The van der Waals surface area contributed by atoms with Crippen molar-refractivity contribution in [3.63, 3.8) is 0 Å². The number of hydrogen-bond donors (Lipinski definition) is 3. The van der Waals surface area contributed by atoms with Gasteiger partial charge < -0.3 is 19.8 Å². The average molecular weight is 1190 g/mol. The summed E-state index contributed by atoms with van der Waals surface area (Å²) in [7, 11) is 1.53. The summed E-state index contributed by atoms with van der Waals surface area (Å²) in [5.74, 6) is -0.200. The van der Waals surface area contributed by atoms with Crippen LogP contribution in [0.5, 0.6) is 0 Å². The van der Waals surface area contributed by atoms with Gasteiger partial charge in [0.2, 0.25) is 5.91 Å². The fraction of sp³-hybridized carbons (Fsp3) is 0.720. The third kappa shape index (κ3) is 66.4. The van der Waals surface area contributed by atoms with Crippen LogP contribution in [0.4, 0.5) is 0 Å². The number of nitrogens with zero attached hydrogens (tertiary/aromatic N) is 1. The molecule has 0 rings (SSSR count). The number of hydrogen-bond acceptors (Lipinski definition) is 5. The molecule has 0 spiro atoms. The number of carbonyl (C=O) groups excluding carboxylic acids is 1. The van der Waals surface area contributed by atoms with E-state index in [2.05, 4.69) is 129 Å². The molecule has 0 saturated heterocycles. The van der Waals surface area contributed by atoms with Gasteiger partial charge in [0.1, 0.15) is 13.2 Å². The molecule has 484 valence electrons. The smallest absolute Gasteiger partial charge is 0.387 e. The van der Waals surface area contributed by atoms with Crippen LogP contribution in [-0.2, 0) is 18.4 Å². The average Bonchev–Trinajstić information content (AvgIpc) is 3.56. The number of aliphatic hydroxyl groups excluding tert-OH is 1. The summed E-state index contributed by atoms with van der Waals surface area (Å²) in [5.41, 5.74) is 0. The zero-order valence-electron chi connectivity index (χ0n) is 55.4. The van der Waals surface area contributed by atoms with Crippen molar-refractivity contribution in [2.45, 2.75) is 309 Å². The minimum absolute atomic E-state index is 0.0463. The van der Waals surface area contributed by atoms with E-state index in [0.717, 1.165) is 96.3 Å². The number of phosphoric ester groups is 1. The number of carbonyl (C=O) groups is 1. The SMILES string of the molecule is CC/C=C\C/C=C\C/C=C\C/C=C\C/C=C\C/C=C\C/C=C\CCCCCCCCCCCC(=O)NC(COP(=O)(O)OCC[N+](C)(C)C)C(O)/C=C/CC/C=C/CC/C=C/CCCCCCCCCCCCCCCCCCCCCCC. The lowest BCUT2D eigenvalue weighted by atomic mass is 10.0. The highest BCUT2D eigenvalue weighted by Crippen LogP contribution is 2.43. The Bertz CT molecular complexity index is 1780. The predicted molar refractivity (Wildman–Crippen MR) is 368 cm³/mol. The van der Waals surface area contributed by atoms with Gasteiger partial charge in [-0.05, 0) is 103 Å². The van der Waals surface area contributed by atoms with Crippen LogP contribution in [0.15, 0.2) is 122 Å². The first kappa shape index (κ1) is 80.9. The monoisotopic (exact) mass is 1190 g/mol. The van der Waals surface area contributed by atoms with Crippen molar-refractivity contribution in [1.82, 2.24) is 5.32 Å². The number of quaternary nitrogens is 1. The van der Waals surface area contributed by atoms with E-state index >= 15 is 0 Å². The highest BCUT2D eigenvalue weighted by molar-refractivity contribution is 7.47. The second kappa shape index (κ2) is 64.4. The summed E-state index contributed by atoms with van der Waals surface area (Å²) >= 11 is 0. The Morgan fingerprint density at radius 3 is 1.10 bits per heavy atom. The molecule has 1 amide bonds. The molecule has 3 atom stereocenters. The molecular weight excluding hydrogens is 1060 g/mol. The third-order valence-corrected chi connectivity index (χ3v) is 16.1. The lowest BCUT2D eigenvalue weighted by molar-refractivity contribution is -0.870. The van der Waals surface area contributed by atoms with E-state index in [1.165, 1.54) is 180 Å². The molecule has 3 N–H and O–H groups in total. The lowest BCUT2D eigenvalue weighted by Crippen LogP contribution is -2.45. The first-order chi connectivity index (χ1) is 41.0. The van der Waals surface area contributed by atoms with Crippen LogP contribution in [0.3, 0.4) is 0 Å². The second-order valence-electron chi connectivity index (χ2n) is 24.5. The number of amides is 1. The zero-order valence-corrected chi connectivity index (χ0v) is 56.3. The summed E-state index contributed by atoms with van der Waals surface area (Å²) in [5, 5.41) is 14.0. The molecule has 0 aliphatic carbocycles. The van der Waals surface area contributed by atoms with Crippen molar-refractivity contribution in [3.8, 4) is 0 Å². The third-order valence-electron chi connectivity index (χ3n) is 15.1. The van der Waals surface area contributed by atoms with Crippen LogP contribution in [0.2, 0.25) is 0 Å². The number of likely N-dealkylation sites (N-methyl/N-ethyl adjacent to an activating group) is 1. The quantitative estimate of drug-likeness (QED) is 0.0243. The Hall–Kier alpha value is -3.10. The molecule has 3 unspecified atom stereocenters. The normalized spacial score (nSPS) is 14.4. The first-order valence-electron chi connectivity index (χ1n) is 34.9. The molecule has 0 bridgehead atoms. The number of nitrogens with one attached hydrogen (secondary N) is 1. The van der Waals surface area contributed by atoms with E-state index in [4.69, 9.17) is 9.05 Å². The summed E-state index contributed by atoms with van der Waals surface area (Å²) in [6.07, 6.45) is 96.3. The Kier molecular flexibility index (Phi) is 62.0. The Morgan fingerprint density at radius 2 is 0.726 bits per heavy atom. The van der Waals surface area contributed by atoms with Crippen LogP contribution in [0, 0.1) is 0 Å². The van der Waals surface area contributed by atoms with Crippen LogP contribution in [0.1, 0.15) is 296 Å². The molecule has 0 aromatic heterocycles. The van der Waals surface area contributed by atoms with Gasteiger partial charge in [0.25, 0.3) is 0 Å². The molecule has 0 radical (unpaired) electrons. The number of unbranched alkanes of at least 4 members (excludes halogenated alkanes) is 32. The van der Waals surface area contributed by atoms with E-state index in [1.807, 2.05) is 27.2 Å². The van der Waals surface area contributed by atoms with Crippen LogP contribution in [0.25, 0.3) is 0 Å². The maximum Gasteiger partial charge on any atom is 0.472 e. The molecular formula is C75H134N2O6P+. The van der Waals surface area contributed by atoms with Gasteiger partial charge in [-0.2, -0.15) is 0 Å². The van der Waals surface area contributed by atoms with Gasteiger partial charge in [-0.15, -0.1) is 0 Å². The number of phosphoric acid groups is 1. The molecule has 9 heteroatoms. The Balaban J connectivity index is 4.20. The van der Waals surface area contributed by atoms with Gasteiger partial charge in [-0.3, -0.25) is 13.8 Å². The van der Waals surface area contributed by atoms with Gasteiger partial charge in [0.15, 0.2) is 0 Å².